The van der Waals surface area contributed by atoms with Crippen LogP contribution in [0.3, 0.4) is 0 Å². The molecule has 0 saturated carbocycles. The first-order valence-electron chi connectivity index (χ1n) is 9.58. The molecule has 1 rings (SSSR count). The van der Waals surface area contributed by atoms with Crippen LogP contribution in [0.25, 0.3) is 0 Å². The quantitative estimate of drug-likeness (QED) is 0.612. The summed E-state index contributed by atoms with van der Waals surface area (Å²) < 4.78 is 0. The monoisotopic (exact) mass is 378 g/mol. The second kappa shape index (κ2) is 9.47. The van der Waals surface area contributed by atoms with Crippen molar-refractivity contribution in [3.63, 3.8) is 0 Å². The fourth-order valence-electron chi connectivity index (χ4n) is 3.75. The Bertz CT molecular complexity index is 544. The standard InChI is InChI=1S/C21H42N4Si/c1-22(2)13-17-12-18(14-23(3)4)20(16-25(7)8)21(26(9,10)11)19(17)15-24(5)6/h12H,13-16H2,1-11H3. The Morgan fingerprint density at radius 2 is 0.885 bits per heavy atom. The normalized spacial score (nSPS) is 12.9. The first kappa shape index (κ1) is 23.3. The summed E-state index contributed by atoms with van der Waals surface area (Å²) >= 11 is 0. The van der Waals surface area contributed by atoms with Crippen molar-refractivity contribution >= 4 is 13.3 Å². The fourth-order valence-corrected chi connectivity index (χ4v) is 6.04. The van der Waals surface area contributed by atoms with Gasteiger partial charge in [0.25, 0.3) is 0 Å². The van der Waals surface area contributed by atoms with Gasteiger partial charge in [-0.15, -0.1) is 0 Å². The Kier molecular flexibility index (Phi) is 8.49. The average Bonchev–Trinajstić information content (AvgIpc) is 2.39. The molecule has 0 aromatic heterocycles. The average molecular weight is 379 g/mol. The van der Waals surface area contributed by atoms with Crippen LogP contribution in [-0.2, 0) is 26.2 Å². The molecule has 0 aliphatic heterocycles. The highest BCUT2D eigenvalue weighted by atomic mass is 28.3. The van der Waals surface area contributed by atoms with Crippen molar-refractivity contribution in [1.82, 2.24) is 19.6 Å². The van der Waals surface area contributed by atoms with Crippen LogP contribution in [0.1, 0.15) is 22.3 Å². The molecule has 0 unspecified atom stereocenters. The molecule has 0 fully saturated rings. The summed E-state index contributed by atoms with van der Waals surface area (Å²) in [6.07, 6.45) is 0. The lowest BCUT2D eigenvalue weighted by molar-refractivity contribution is 0.372. The van der Waals surface area contributed by atoms with E-state index in [0.717, 1.165) is 26.2 Å². The van der Waals surface area contributed by atoms with E-state index < -0.39 is 8.07 Å². The highest BCUT2D eigenvalue weighted by Crippen LogP contribution is 2.24. The summed E-state index contributed by atoms with van der Waals surface area (Å²) in [6, 6.07) is 2.49. The molecule has 0 radical (unpaired) electrons. The number of rotatable bonds is 9. The number of hydrogen-bond donors (Lipinski definition) is 0. The molecule has 0 bridgehead atoms. The van der Waals surface area contributed by atoms with Crippen molar-refractivity contribution in [3.8, 4) is 0 Å². The van der Waals surface area contributed by atoms with Crippen molar-refractivity contribution in [2.24, 2.45) is 0 Å². The highest BCUT2D eigenvalue weighted by Gasteiger charge is 2.28. The summed E-state index contributed by atoms with van der Waals surface area (Å²) in [5, 5.41) is 1.68. The van der Waals surface area contributed by atoms with Crippen molar-refractivity contribution in [1.29, 1.82) is 0 Å². The predicted octanol–water partition coefficient (Wildman–Crippen LogP) is 2.48. The summed E-state index contributed by atoms with van der Waals surface area (Å²) in [6.45, 7) is 11.5. The molecule has 1 aromatic rings. The summed E-state index contributed by atoms with van der Waals surface area (Å²) in [4.78, 5) is 9.24. The van der Waals surface area contributed by atoms with Gasteiger partial charge in [0.2, 0.25) is 0 Å². The maximum atomic E-state index is 2.50. The number of hydrogen-bond acceptors (Lipinski definition) is 4. The van der Waals surface area contributed by atoms with E-state index in [9.17, 15) is 0 Å². The zero-order chi connectivity index (χ0) is 20.2. The minimum atomic E-state index is -1.51. The molecule has 0 amide bonds. The molecule has 0 atom stereocenters. The Morgan fingerprint density at radius 1 is 0.577 bits per heavy atom. The third kappa shape index (κ3) is 6.78. The molecule has 26 heavy (non-hydrogen) atoms. The zero-order valence-electron chi connectivity index (χ0n) is 19.2. The highest BCUT2D eigenvalue weighted by molar-refractivity contribution is 6.89. The summed E-state index contributed by atoms with van der Waals surface area (Å²) in [5.41, 5.74) is 6.14. The molecule has 0 saturated heterocycles. The smallest absolute Gasteiger partial charge is 0.0784 e. The number of benzene rings is 1. The second-order valence-corrected chi connectivity index (χ2v) is 14.7. The summed E-state index contributed by atoms with van der Waals surface area (Å²) in [5.74, 6) is 0. The van der Waals surface area contributed by atoms with Gasteiger partial charge in [0.05, 0.1) is 8.07 Å². The van der Waals surface area contributed by atoms with Crippen LogP contribution in [-0.4, -0.2) is 84.1 Å². The number of nitrogens with zero attached hydrogens (tertiary/aromatic N) is 4. The van der Waals surface area contributed by atoms with Crippen LogP contribution in [0.2, 0.25) is 19.6 Å². The van der Waals surface area contributed by atoms with Crippen LogP contribution >= 0.6 is 0 Å². The van der Waals surface area contributed by atoms with Gasteiger partial charge in [-0.05, 0) is 78.6 Å². The topological polar surface area (TPSA) is 13.0 Å². The van der Waals surface area contributed by atoms with E-state index in [4.69, 9.17) is 0 Å². The minimum absolute atomic E-state index is 1.00. The fraction of sp³-hybridized carbons (Fsp3) is 0.714. The van der Waals surface area contributed by atoms with E-state index in [2.05, 4.69) is 102 Å². The van der Waals surface area contributed by atoms with Gasteiger partial charge in [0, 0.05) is 26.2 Å². The van der Waals surface area contributed by atoms with Crippen LogP contribution in [0.15, 0.2) is 6.07 Å². The van der Waals surface area contributed by atoms with Crippen LogP contribution in [0, 0.1) is 0 Å². The molecule has 0 aliphatic rings. The van der Waals surface area contributed by atoms with Gasteiger partial charge in [0.15, 0.2) is 0 Å². The molecule has 0 N–H and O–H groups in total. The van der Waals surface area contributed by atoms with Gasteiger partial charge in [0.1, 0.15) is 0 Å². The largest absolute Gasteiger partial charge is 0.305 e. The lowest BCUT2D eigenvalue weighted by atomic mass is 9.96. The molecular weight excluding hydrogens is 336 g/mol. The Labute approximate surface area is 163 Å². The van der Waals surface area contributed by atoms with Gasteiger partial charge in [-0.3, -0.25) is 0 Å². The Balaban J connectivity index is 3.81. The Morgan fingerprint density at radius 3 is 1.12 bits per heavy atom. The second-order valence-electron chi connectivity index (χ2n) is 9.73. The molecule has 150 valence electrons. The first-order chi connectivity index (χ1) is 11.8. The van der Waals surface area contributed by atoms with E-state index >= 15 is 0 Å². The van der Waals surface area contributed by atoms with Crippen molar-refractivity contribution < 1.29 is 0 Å². The molecule has 5 heteroatoms. The lowest BCUT2D eigenvalue weighted by Crippen LogP contribution is -2.46. The van der Waals surface area contributed by atoms with E-state index in [1.165, 1.54) is 11.1 Å². The van der Waals surface area contributed by atoms with E-state index in [-0.39, 0.29) is 0 Å². The molecular formula is C21H42N4Si. The predicted molar refractivity (Wildman–Crippen MR) is 119 cm³/mol. The van der Waals surface area contributed by atoms with Gasteiger partial charge < -0.3 is 19.6 Å². The summed E-state index contributed by atoms with van der Waals surface area (Å²) in [7, 11) is 15.9. The molecule has 1 aromatic carbocycles. The minimum Gasteiger partial charge on any atom is -0.305 e. The van der Waals surface area contributed by atoms with Crippen molar-refractivity contribution in [3.05, 3.63) is 28.3 Å². The maximum Gasteiger partial charge on any atom is 0.0784 e. The first-order valence-corrected chi connectivity index (χ1v) is 13.1. The van der Waals surface area contributed by atoms with E-state index in [0.29, 0.717) is 0 Å². The third-order valence-corrected chi connectivity index (χ3v) is 6.50. The van der Waals surface area contributed by atoms with Crippen LogP contribution in [0.5, 0.6) is 0 Å². The van der Waals surface area contributed by atoms with Crippen LogP contribution < -0.4 is 5.19 Å². The van der Waals surface area contributed by atoms with Gasteiger partial charge in [-0.25, -0.2) is 0 Å². The molecule has 4 nitrogen and oxygen atoms in total. The van der Waals surface area contributed by atoms with E-state index in [1.54, 1.807) is 16.3 Å². The lowest BCUT2D eigenvalue weighted by Gasteiger charge is -2.33. The SMILES string of the molecule is CN(C)Cc1cc(CN(C)C)c(CN(C)C)c([Si](C)(C)C)c1CN(C)C. The zero-order valence-corrected chi connectivity index (χ0v) is 20.2. The molecule has 0 heterocycles. The van der Waals surface area contributed by atoms with Crippen molar-refractivity contribution in [2.75, 3.05) is 56.4 Å². The Hall–Kier alpha value is -0.723. The molecule has 0 aliphatic carbocycles. The van der Waals surface area contributed by atoms with Gasteiger partial charge in [-0.1, -0.05) is 30.9 Å². The van der Waals surface area contributed by atoms with E-state index in [1.807, 2.05) is 0 Å². The third-order valence-electron chi connectivity index (χ3n) is 4.40. The van der Waals surface area contributed by atoms with Gasteiger partial charge in [-0.2, -0.15) is 0 Å². The maximum absolute atomic E-state index is 2.50. The van der Waals surface area contributed by atoms with Crippen LogP contribution in [0.4, 0.5) is 0 Å². The van der Waals surface area contributed by atoms with Crippen molar-refractivity contribution in [2.45, 2.75) is 45.8 Å². The van der Waals surface area contributed by atoms with Gasteiger partial charge >= 0.3 is 0 Å². The molecule has 0 spiro atoms.